The van der Waals surface area contributed by atoms with Gasteiger partial charge in [0.2, 0.25) is 0 Å². The van der Waals surface area contributed by atoms with Crippen molar-refractivity contribution >= 4 is 17.7 Å². The van der Waals surface area contributed by atoms with Crippen LogP contribution in [0.25, 0.3) is 5.69 Å². The zero-order valence-corrected chi connectivity index (χ0v) is 10.6. The second-order valence-electron chi connectivity index (χ2n) is 3.47. The standard InChI is InChI=1S/C11H11ClN4O2/c1-7-9(18-11(17)13-2)10(12)16(15-7)8-4-3-5-14-6-8/h3-6H,1-2H3,(H,13,17). The molecule has 0 bridgehead atoms. The predicted molar refractivity (Wildman–Crippen MR) is 66.2 cm³/mol. The number of aryl methyl sites for hydroxylation is 1. The fourth-order valence-electron chi connectivity index (χ4n) is 1.39. The number of rotatable bonds is 2. The normalized spacial score (nSPS) is 10.2. The third-order valence-corrected chi connectivity index (χ3v) is 2.57. The number of carbonyl (C=O) groups is 1. The van der Waals surface area contributed by atoms with Crippen LogP contribution in [-0.2, 0) is 0 Å². The number of halogens is 1. The molecule has 0 aliphatic heterocycles. The van der Waals surface area contributed by atoms with Crippen LogP contribution >= 0.6 is 11.6 Å². The maximum absolute atomic E-state index is 11.2. The molecule has 18 heavy (non-hydrogen) atoms. The van der Waals surface area contributed by atoms with E-state index in [1.54, 1.807) is 31.5 Å². The number of carbonyl (C=O) groups excluding carboxylic acids is 1. The number of amides is 1. The van der Waals surface area contributed by atoms with Crippen molar-refractivity contribution in [3.8, 4) is 11.4 Å². The first-order valence-corrected chi connectivity index (χ1v) is 5.56. The highest BCUT2D eigenvalue weighted by Crippen LogP contribution is 2.30. The summed E-state index contributed by atoms with van der Waals surface area (Å²) < 4.78 is 6.50. The van der Waals surface area contributed by atoms with Crippen LogP contribution in [0.5, 0.6) is 5.75 Å². The number of hydrogen-bond donors (Lipinski definition) is 1. The van der Waals surface area contributed by atoms with Crippen molar-refractivity contribution < 1.29 is 9.53 Å². The number of pyridine rings is 1. The van der Waals surface area contributed by atoms with Gasteiger partial charge < -0.3 is 10.1 Å². The summed E-state index contributed by atoms with van der Waals surface area (Å²) >= 11 is 6.13. The van der Waals surface area contributed by atoms with E-state index >= 15 is 0 Å². The first-order valence-electron chi connectivity index (χ1n) is 5.18. The third kappa shape index (κ3) is 2.28. The van der Waals surface area contributed by atoms with E-state index in [9.17, 15) is 4.79 Å². The predicted octanol–water partition coefficient (Wildman–Crippen LogP) is 1.95. The monoisotopic (exact) mass is 266 g/mol. The first kappa shape index (κ1) is 12.4. The Hall–Kier alpha value is -2.08. The van der Waals surface area contributed by atoms with E-state index in [1.165, 1.54) is 11.7 Å². The van der Waals surface area contributed by atoms with Crippen molar-refractivity contribution in [2.75, 3.05) is 7.05 Å². The molecule has 2 heterocycles. The van der Waals surface area contributed by atoms with Gasteiger partial charge in [0.1, 0.15) is 5.69 Å². The highest BCUT2D eigenvalue weighted by atomic mass is 35.5. The van der Waals surface area contributed by atoms with Crippen LogP contribution in [0.15, 0.2) is 24.5 Å². The van der Waals surface area contributed by atoms with Crippen LogP contribution in [0.3, 0.4) is 0 Å². The fourth-order valence-corrected chi connectivity index (χ4v) is 1.71. The van der Waals surface area contributed by atoms with Crippen molar-refractivity contribution in [2.45, 2.75) is 6.92 Å². The van der Waals surface area contributed by atoms with E-state index in [-0.39, 0.29) is 10.9 Å². The minimum Gasteiger partial charge on any atom is -0.405 e. The lowest BCUT2D eigenvalue weighted by Gasteiger charge is -2.03. The molecule has 0 saturated heterocycles. The van der Waals surface area contributed by atoms with Crippen LogP contribution in [0.2, 0.25) is 5.15 Å². The van der Waals surface area contributed by atoms with Gasteiger partial charge in [0.05, 0.1) is 11.9 Å². The van der Waals surface area contributed by atoms with Crippen molar-refractivity contribution in [3.63, 3.8) is 0 Å². The van der Waals surface area contributed by atoms with Gasteiger partial charge in [-0.25, -0.2) is 9.48 Å². The van der Waals surface area contributed by atoms with E-state index in [0.29, 0.717) is 11.4 Å². The molecule has 0 unspecified atom stereocenters. The minimum absolute atomic E-state index is 0.226. The summed E-state index contributed by atoms with van der Waals surface area (Å²) in [4.78, 5) is 15.2. The Bertz CT molecular complexity index is 568. The molecule has 0 fully saturated rings. The Balaban J connectivity index is 2.41. The van der Waals surface area contributed by atoms with Crippen molar-refractivity contribution in [2.24, 2.45) is 0 Å². The van der Waals surface area contributed by atoms with Gasteiger partial charge in [0.25, 0.3) is 0 Å². The van der Waals surface area contributed by atoms with E-state index < -0.39 is 6.09 Å². The highest BCUT2D eigenvalue weighted by molar-refractivity contribution is 6.31. The molecule has 0 atom stereocenters. The molecule has 0 spiro atoms. The van der Waals surface area contributed by atoms with Crippen molar-refractivity contribution in [1.82, 2.24) is 20.1 Å². The Morgan fingerprint density at radius 1 is 1.56 bits per heavy atom. The second kappa shape index (κ2) is 5.05. The molecule has 7 heteroatoms. The first-order chi connectivity index (χ1) is 8.63. The van der Waals surface area contributed by atoms with Gasteiger partial charge in [0.15, 0.2) is 10.9 Å². The SMILES string of the molecule is CNC(=O)Oc1c(C)nn(-c2cccnc2)c1Cl. The summed E-state index contributed by atoms with van der Waals surface area (Å²) in [5, 5.41) is 6.78. The molecular weight excluding hydrogens is 256 g/mol. The van der Waals surface area contributed by atoms with Crippen LogP contribution in [0.4, 0.5) is 4.79 Å². The number of nitrogens with one attached hydrogen (secondary N) is 1. The van der Waals surface area contributed by atoms with Crippen LogP contribution < -0.4 is 10.1 Å². The Morgan fingerprint density at radius 3 is 2.94 bits per heavy atom. The van der Waals surface area contributed by atoms with Gasteiger partial charge in [-0.05, 0) is 19.1 Å². The van der Waals surface area contributed by atoms with Gasteiger partial charge in [-0.2, -0.15) is 5.10 Å². The smallest absolute Gasteiger partial charge is 0.405 e. The molecule has 1 amide bonds. The second-order valence-corrected chi connectivity index (χ2v) is 3.83. The Kier molecular flexibility index (Phi) is 3.47. The van der Waals surface area contributed by atoms with Gasteiger partial charge in [-0.3, -0.25) is 4.98 Å². The molecular formula is C11H11ClN4O2. The van der Waals surface area contributed by atoms with Crippen molar-refractivity contribution in [1.29, 1.82) is 0 Å². The average Bonchev–Trinajstić information content (AvgIpc) is 2.67. The van der Waals surface area contributed by atoms with Gasteiger partial charge in [0, 0.05) is 13.2 Å². The summed E-state index contributed by atoms with van der Waals surface area (Å²) in [6, 6.07) is 3.57. The Morgan fingerprint density at radius 2 is 2.33 bits per heavy atom. The van der Waals surface area contributed by atoms with Gasteiger partial charge in [-0.1, -0.05) is 11.6 Å². The molecule has 0 saturated carbocycles. The number of nitrogens with zero attached hydrogens (tertiary/aromatic N) is 3. The average molecular weight is 267 g/mol. The Labute approximate surface area is 109 Å². The lowest BCUT2D eigenvalue weighted by Crippen LogP contribution is -2.22. The van der Waals surface area contributed by atoms with Crippen LogP contribution in [0.1, 0.15) is 5.69 Å². The van der Waals surface area contributed by atoms with Crippen LogP contribution in [0, 0.1) is 6.92 Å². The summed E-state index contributed by atoms with van der Waals surface area (Å²) in [5.41, 5.74) is 1.21. The van der Waals surface area contributed by atoms with E-state index in [1.807, 2.05) is 0 Å². The zero-order chi connectivity index (χ0) is 13.1. The molecule has 2 rings (SSSR count). The fraction of sp³-hybridized carbons (Fsp3) is 0.182. The molecule has 6 nitrogen and oxygen atoms in total. The third-order valence-electron chi connectivity index (χ3n) is 2.24. The van der Waals surface area contributed by atoms with Gasteiger partial charge >= 0.3 is 6.09 Å². The van der Waals surface area contributed by atoms with E-state index in [0.717, 1.165) is 0 Å². The van der Waals surface area contributed by atoms with E-state index in [2.05, 4.69) is 15.4 Å². The molecule has 2 aromatic rings. The topological polar surface area (TPSA) is 69.0 Å². The molecule has 0 radical (unpaired) electrons. The maximum atomic E-state index is 11.2. The molecule has 1 N–H and O–H groups in total. The number of hydrogen-bond acceptors (Lipinski definition) is 4. The minimum atomic E-state index is -0.592. The maximum Gasteiger partial charge on any atom is 0.412 e. The number of aromatic nitrogens is 3. The van der Waals surface area contributed by atoms with Gasteiger partial charge in [-0.15, -0.1) is 0 Å². The lowest BCUT2D eigenvalue weighted by atomic mass is 10.4. The molecule has 0 aliphatic rings. The molecule has 0 aliphatic carbocycles. The molecule has 0 aromatic carbocycles. The lowest BCUT2D eigenvalue weighted by molar-refractivity contribution is 0.202. The van der Waals surface area contributed by atoms with Crippen LogP contribution in [-0.4, -0.2) is 27.9 Å². The number of ether oxygens (including phenoxy) is 1. The van der Waals surface area contributed by atoms with E-state index in [4.69, 9.17) is 16.3 Å². The largest absolute Gasteiger partial charge is 0.412 e. The summed E-state index contributed by atoms with van der Waals surface area (Å²) in [6.07, 6.45) is 2.67. The molecule has 2 aromatic heterocycles. The zero-order valence-electron chi connectivity index (χ0n) is 9.85. The van der Waals surface area contributed by atoms with Crippen molar-refractivity contribution in [3.05, 3.63) is 35.4 Å². The quantitative estimate of drug-likeness (QED) is 0.902. The summed E-state index contributed by atoms with van der Waals surface area (Å²) in [7, 11) is 1.47. The molecule has 94 valence electrons. The highest BCUT2D eigenvalue weighted by Gasteiger charge is 2.18. The summed E-state index contributed by atoms with van der Waals surface area (Å²) in [5.74, 6) is 0.236. The summed E-state index contributed by atoms with van der Waals surface area (Å²) in [6.45, 7) is 1.71.